The number of hydrogen-bond acceptors (Lipinski definition) is 6. The highest BCUT2D eigenvalue weighted by Crippen LogP contribution is 2.15. The van der Waals surface area contributed by atoms with E-state index < -0.39 is 0 Å². The molecule has 3 rings (SSSR count). The average molecular weight is 299 g/mol. The van der Waals surface area contributed by atoms with Crippen LogP contribution in [-0.4, -0.2) is 41.3 Å². The quantitative estimate of drug-likeness (QED) is 0.912. The van der Waals surface area contributed by atoms with Crippen molar-refractivity contribution in [3.8, 4) is 0 Å². The van der Waals surface area contributed by atoms with Crippen molar-refractivity contribution in [1.29, 1.82) is 0 Å². The predicted octanol–water partition coefficient (Wildman–Crippen LogP) is 2.10. The zero-order valence-corrected chi connectivity index (χ0v) is 12.8. The molecule has 1 aliphatic heterocycles. The van der Waals surface area contributed by atoms with E-state index in [4.69, 9.17) is 4.74 Å². The minimum Gasteiger partial charge on any atom is -0.379 e. The van der Waals surface area contributed by atoms with Crippen LogP contribution in [0, 0.1) is 0 Å². The molecule has 1 saturated heterocycles. The van der Waals surface area contributed by atoms with Gasteiger partial charge in [-0.05, 0) is 36.6 Å². The lowest BCUT2D eigenvalue weighted by Gasteiger charge is -2.24. The van der Waals surface area contributed by atoms with Gasteiger partial charge in [-0.15, -0.1) is 0 Å². The van der Waals surface area contributed by atoms with Crippen molar-refractivity contribution in [3.05, 3.63) is 42.4 Å². The molecule has 6 nitrogen and oxygen atoms in total. The molecule has 0 spiro atoms. The number of nitrogens with one attached hydrogen (secondary N) is 1. The highest BCUT2D eigenvalue weighted by atomic mass is 16.5. The van der Waals surface area contributed by atoms with Crippen molar-refractivity contribution < 1.29 is 4.74 Å². The van der Waals surface area contributed by atoms with E-state index in [1.807, 2.05) is 30.1 Å². The maximum Gasteiger partial charge on any atom is 0.227 e. The fourth-order valence-corrected chi connectivity index (χ4v) is 2.51. The summed E-state index contributed by atoms with van der Waals surface area (Å²) in [6.45, 7) is 2.35. The predicted molar refractivity (Wildman–Crippen MR) is 85.8 cm³/mol. The molecule has 1 atom stereocenters. The monoisotopic (exact) mass is 299 g/mol. The van der Waals surface area contributed by atoms with E-state index in [-0.39, 0.29) is 0 Å². The zero-order valence-electron chi connectivity index (χ0n) is 12.8. The molecule has 0 bridgehead atoms. The number of pyridine rings is 1. The average Bonchev–Trinajstić information content (AvgIpc) is 2.57. The van der Waals surface area contributed by atoms with Gasteiger partial charge >= 0.3 is 0 Å². The summed E-state index contributed by atoms with van der Waals surface area (Å²) >= 11 is 0. The van der Waals surface area contributed by atoms with Crippen LogP contribution >= 0.6 is 0 Å². The molecule has 1 N–H and O–H groups in total. The first-order valence-electron chi connectivity index (χ1n) is 7.58. The SMILES string of the molecule is CN(Cc1ccncc1)c1nccc(NC2CCCOC2)n1. The Kier molecular flexibility index (Phi) is 4.80. The van der Waals surface area contributed by atoms with Gasteiger partial charge in [-0.1, -0.05) is 0 Å². The van der Waals surface area contributed by atoms with E-state index in [0.29, 0.717) is 12.0 Å². The Hall–Kier alpha value is -2.21. The molecule has 0 aromatic carbocycles. The first-order valence-corrected chi connectivity index (χ1v) is 7.58. The fourth-order valence-electron chi connectivity index (χ4n) is 2.51. The molecule has 1 fully saturated rings. The molecule has 2 aromatic heterocycles. The van der Waals surface area contributed by atoms with Gasteiger partial charge in [0, 0.05) is 38.8 Å². The highest BCUT2D eigenvalue weighted by molar-refractivity contribution is 5.42. The highest BCUT2D eigenvalue weighted by Gasteiger charge is 2.14. The Bertz CT molecular complexity index is 586. The molecule has 116 valence electrons. The zero-order chi connectivity index (χ0) is 15.2. The van der Waals surface area contributed by atoms with Gasteiger partial charge in [-0.3, -0.25) is 4.98 Å². The Morgan fingerprint density at radius 3 is 2.91 bits per heavy atom. The van der Waals surface area contributed by atoms with Crippen LogP contribution in [0.4, 0.5) is 11.8 Å². The number of aromatic nitrogens is 3. The van der Waals surface area contributed by atoms with Crippen LogP contribution in [0.3, 0.4) is 0 Å². The third kappa shape index (κ3) is 3.92. The van der Waals surface area contributed by atoms with E-state index in [1.54, 1.807) is 18.6 Å². The molecular weight excluding hydrogens is 278 g/mol. The van der Waals surface area contributed by atoms with Gasteiger partial charge in [0.15, 0.2) is 0 Å². The maximum absolute atomic E-state index is 5.49. The smallest absolute Gasteiger partial charge is 0.227 e. The molecule has 0 radical (unpaired) electrons. The second-order valence-corrected chi connectivity index (χ2v) is 5.51. The Morgan fingerprint density at radius 1 is 1.27 bits per heavy atom. The lowest BCUT2D eigenvalue weighted by Crippen LogP contribution is -2.30. The van der Waals surface area contributed by atoms with Crippen molar-refractivity contribution in [2.45, 2.75) is 25.4 Å². The molecule has 0 aliphatic carbocycles. The fraction of sp³-hybridized carbons (Fsp3) is 0.438. The van der Waals surface area contributed by atoms with Crippen LogP contribution in [0.1, 0.15) is 18.4 Å². The van der Waals surface area contributed by atoms with Crippen molar-refractivity contribution in [2.75, 3.05) is 30.5 Å². The molecule has 1 aliphatic rings. The van der Waals surface area contributed by atoms with Gasteiger partial charge in [0.1, 0.15) is 5.82 Å². The Morgan fingerprint density at radius 2 is 2.14 bits per heavy atom. The summed E-state index contributed by atoms with van der Waals surface area (Å²) in [5.41, 5.74) is 1.18. The minimum absolute atomic E-state index is 0.335. The van der Waals surface area contributed by atoms with E-state index in [9.17, 15) is 0 Å². The van der Waals surface area contributed by atoms with E-state index in [1.165, 1.54) is 5.56 Å². The number of hydrogen-bond donors (Lipinski definition) is 1. The van der Waals surface area contributed by atoms with Crippen molar-refractivity contribution in [1.82, 2.24) is 15.0 Å². The number of ether oxygens (including phenoxy) is 1. The number of nitrogens with zero attached hydrogens (tertiary/aromatic N) is 4. The van der Waals surface area contributed by atoms with Crippen LogP contribution < -0.4 is 10.2 Å². The lowest BCUT2D eigenvalue weighted by atomic mass is 10.1. The molecular formula is C16H21N5O. The number of rotatable bonds is 5. The van der Waals surface area contributed by atoms with Crippen LogP contribution in [0.5, 0.6) is 0 Å². The van der Waals surface area contributed by atoms with E-state index in [2.05, 4.69) is 20.3 Å². The van der Waals surface area contributed by atoms with Gasteiger partial charge in [0.2, 0.25) is 5.95 Å². The maximum atomic E-state index is 5.49. The Labute approximate surface area is 130 Å². The molecule has 1 unspecified atom stereocenters. The summed E-state index contributed by atoms with van der Waals surface area (Å²) in [4.78, 5) is 15.0. The minimum atomic E-state index is 0.335. The molecule has 6 heteroatoms. The van der Waals surface area contributed by atoms with E-state index in [0.717, 1.165) is 38.4 Å². The molecule has 22 heavy (non-hydrogen) atoms. The van der Waals surface area contributed by atoms with Gasteiger partial charge in [0.05, 0.1) is 12.6 Å². The second-order valence-electron chi connectivity index (χ2n) is 5.51. The third-order valence-electron chi connectivity index (χ3n) is 3.67. The van der Waals surface area contributed by atoms with Crippen LogP contribution in [0.15, 0.2) is 36.8 Å². The molecule has 3 heterocycles. The summed E-state index contributed by atoms with van der Waals surface area (Å²) in [5.74, 6) is 1.56. The number of anilines is 2. The van der Waals surface area contributed by atoms with Gasteiger partial charge in [-0.2, -0.15) is 4.98 Å². The molecule has 0 saturated carbocycles. The summed E-state index contributed by atoms with van der Waals surface area (Å²) in [6, 6.07) is 6.23. The summed E-state index contributed by atoms with van der Waals surface area (Å²) in [5, 5.41) is 3.43. The summed E-state index contributed by atoms with van der Waals surface area (Å²) < 4.78 is 5.49. The second kappa shape index (κ2) is 7.17. The first-order chi connectivity index (χ1) is 10.8. The standard InChI is InChI=1S/C16H21N5O/c1-21(11-13-4-7-17-8-5-13)16-18-9-6-15(20-16)19-14-3-2-10-22-12-14/h4-9,14H,2-3,10-12H2,1H3,(H,18,19,20). The van der Waals surface area contributed by atoms with Crippen molar-refractivity contribution >= 4 is 11.8 Å². The largest absolute Gasteiger partial charge is 0.379 e. The molecule has 0 amide bonds. The van der Waals surface area contributed by atoms with Gasteiger partial charge in [-0.25, -0.2) is 4.98 Å². The van der Waals surface area contributed by atoms with Gasteiger partial charge in [0.25, 0.3) is 0 Å². The van der Waals surface area contributed by atoms with Crippen molar-refractivity contribution in [3.63, 3.8) is 0 Å². The van der Waals surface area contributed by atoms with Crippen LogP contribution in [0.2, 0.25) is 0 Å². The summed E-state index contributed by atoms with van der Waals surface area (Å²) in [6.07, 6.45) is 7.59. The first kappa shape index (κ1) is 14.7. The van der Waals surface area contributed by atoms with Crippen LogP contribution in [-0.2, 0) is 11.3 Å². The molecule has 2 aromatic rings. The summed E-state index contributed by atoms with van der Waals surface area (Å²) in [7, 11) is 1.99. The Balaban J connectivity index is 1.64. The van der Waals surface area contributed by atoms with Crippen molar-refractivity contribution in [2.24, 2.45) is 0 Å². The normalized spacial score (nSPS) is 18.0. The van der Waals surface area contributed by atoms with Crippen LogP contribution in [0.25, 0.3) is 0 Å². The lowest BCUT2D eigenvalue weighted by molar-refractivity contribution is 0.0875. The van der Waals surface area contributed by atoms with Gasteiger partial charge < -0.3 is 15.0 Å². The topological polar surface area (TPSA) is 63.2 Å². The van der Waals surface area contributed by atoms with E-state index >= 15 is 0 Å². The third-order valence-corrected chi connectivity index (χ3v) is 3.67.